The summed E-state index contributed by atoms with van der Waals surface area (Å²) in [5.41, 5.74) is 5.36. The largest absolute Gasteiger partial charge is 0.351 e. The van der Waals surface area contributed by atoms with Crippen LogP contribution in [0.5, 0.6) is 0 Å². The lowest BCUT2D eigenvalue weighted by Crippen LogP contribution is -2.26. The number of thiol groups is 1. The van der Waals surface area contributed by atoms with Crippen molar-refractivity contribution in [2.75, 3.05) is 12.3 Å². The summed E-state index contributed by atoms with van der Waals surface area (Å²) in [6, 6.07) is 6.46. The molecule has 2 heterocycles. The molecule has 0 bridgehead atoms. The number of aromatic amines is 1. The van der Waals surface area contributed by atoms with Crippen molar-refractivity contribution in [1.29, 1.82) is 0 Å². The third-order valence-corrected chi connectivity index (χ3v) is 5.84. The van der Waals surface area contributed by atoms with Gasteiger partial charge < -0.3 is 5.32 Å². The predicted octanol–water partition coefficient (Wildman–Crippen LogP) is 3.78. The summed E-state index contributed by atoms with van der Waals surface area (Å²) in [4.78, 5) is 12.6. The van der Waals surface area contributed by atoms with E-state index in [0.29, 0.717) is 18.8 Å². The highest BCUT2D eigenvalue weighted by Crippen LogP contribution is 2.33. The summed E-state index contributed by atoms with van der Waals surface area (Å²) in [7, 11) is 0. The summed E-state index contributed by atoms with van der Waals surface area (Å²) in [5.74, 6) is 0.570. The van der Waals surface area contributed by atoms with Gasteiger partial charge in [-0.05, 0) is 49.1 Å². The summed E-state index contributed by atoms with van der Waals surface area (Å²) in [6.07, 6.45) is 7.65. The zero-order valence-corrected chi connectivity index (χ0v) is 17.7. The van der Waals surface area contributed by atoms with Crippen LogP contribution in [-0.4, -0.2) is 38.2 Å². The number of nitrogens with zero attached hydrogens (tertiary/aromatic N) is 3. The van der Waals surface area contributed by atoms with Crippen LogP contribution >= 0.6 is 12.6 Å². The predicted molar refractivity (Wildman–Crippen MR) is 117 cm³/mol. The highest BCUT2D eigenvalue weighted by molar-refractivity contribution is 7.80. The number of fused-ring (bicyclic) bond motifs is 3. The Hall–Kier alpha value is -2.61. The molecule has 2 aromatic heterocycles. The summed E-state index contributed by atoms with van der Waals surface area (Å²) in [5, 5.41) is 14.9. The molecule has 0 saturated carbocycles. The molecule has 0 fully saturated rings. The number of benzene rings is 1. The van der Waals surface area contributed by atoms with Crippen molar-refractivity contribution < 1.29 is 9.18 Å². The van der Waals surface area contributed by atoms with Gasteiger partial charge in [0.2, 0.25) is 0 Å². The zero-order valence-electron chi connectivity index (χ0n) is 16.8. The van der Waals surface area contributed by atoms with E-state index < -0.39 is 0 Å². The maximum absolute atomic E-state index is 13.1. The van der Waals surface area contributed by atoms with E-state index >= 15 is 0 Å². The normalized spacial score (nSPS) is 12.5. The number of rotatable bonds is 9. The number of halogens is 1. The molecule has 1 aliphatic carbocycles. The van der Waals surface area contributed by atoms with E-state index in [1.165, 1.54) is 12.1 Å². The van der Waals surface area contributed by atoms with Crippen LogP contribution in [0.4, 0.5) is 4.39 Å². The quantitative estimate of drug-likeness (QED) is 0.359. The van der Waals surface area contributed by atoms with Crippen LogP contribution in [0.1, 0.15) is 53.0 Å². The van der Waals surface area contributed by atoms with Crippen molar-refractivity contribution in [2.24, 2.45) is 0 Å². The highest BCUT2D eigenvalue weighted by Gasteiger charge is 2.27. The Labute approximate surface area is 180 Å². The van der Waals surface area contributed by atoms with E-state index in [1.807, 2.05) is 4.68 Å². The molecule has 3 aromatic rings. The van der Waals surface area contributed by atoms with Gasteiger partial charge in [0.15, 0.2) is 0 Å². The molecule has 0 aliphatic heterocycles. The van der Waals surface area contributed by atoms with Crippen molar-refractivity contribution in [1.82, 2.24) is 25.3 Å². The summed E-state index contributed by atoms with van der Waals surface area (Å²) in [6.45, 7) is 1.25. The first-order valence-electron chi connectivity index (χ1n) is 10.4. The highest BCUT2D eigenvalue weighted by atomic mass is 32.1. The summed E-state index contributed by atoms with van der Waals surface area (Å²) < 4.78 is 15.1. The van der Waals surface area contributed by atoms with E-state index in [4.69, 9.17) is 0 Å². The molecular formula is C22H26FN5OS. The fourth-order valence-corrected chi connectivity index (χ4v) is 4.14. The van der Waals surface area contributed by atoms with Crippen molar-refractivity contribution >= 4 is 18.5 Å². The first kappa shape index (κ1) is 20.7. The van der Waals surface area contributed by atoms with Crippen LogP contribution in [0.3, 0.4) is 0 Å². The zero-order chi connectivity index (χ0) is 20.9. The Balaban J connectivity index is 1.43. The monoisotopic (exact) mass is 427 g/mol. The van der Waals surface area contributed by atoms with Crippen LogP contribution in [0, 0.1) is 5.82 Å². The molecule has 0 unspecified atom stereocenters. The van der Waals surface area contributed by atoms with E-state index in [0.717, 1.165) is 72.4 Å². The van der Waals surface area contributed by atoms with Gasteiger partial charge in [-0.15, -0.1) is 0 Å². The van der Waals surface area contributed by atoms with Crippen LogP contribution in [0.2, 0.25) is 0 Å². The van der Waals surface area contributed by atoms with Gasteiger partial charge >= 0.3 is 0 Å². The van der Waals surface area contributed by atoms with Crippen molar-refractivity contribution in [2.45, 2.75) is 45.1 Å². The minimum Gasteiger partial charge on any atom is -0.351 e. The lowest BCUT2D eigenvalue weighted by molar-refractivity contribution is 0.0947. The molecule has 0 spiro atoms. The molecule has 158 valence electrons. The molecule has 8 heteroatoms. The molecule has 0 saturated heterocycles. The molecule has 6 nitrogen and oxygen atoms in total. The SMILES string of the molecule is O=C(NCCCCCCS)c1[nH]nc2c1CCc1c-2cnn1Cc1ccc(F)cc1. The molecule has 2 N–H and O–H groups in total. The third-order valence-electron chi connectivity index (χ3n) is 5.53. The number of nitrogens with one attached hydrogen (secondary N) is 2. The number of hydrogen-bond donors (Lipinski definition) is 3. The van der Waals surface area contributed by atoms with E-state index in [-0.39, 0.29) is 11.7 Å². The average Bonchev–Trinajstić information content (AvgIpc) is 3.36. The number of unbranched alkanes of at least 4 members (excludes halogenated alkanes) is 3. The van der Waals surface area contributed by atoms with Gasteiger partial charge in [0.25, 0.3) is 5.91 Å². The molecular weight excluding hydrogens is 401 g/mol. The van der Waals surface area contributed by atoms with Crippen molar-refractivity contribution in [3.63, 3.8) is 0 Å². The van der Waals surface area contributed by atoms with Gasteiger partial charge in [0.1, 0.15) is 11.5 Å². The maximum atomic E-state index is 13.1. The number of H-pyrrole nitrogens is 1. The van der Waals surface area contributed by atoms with Gasteiger partial charge in [0, 0.05) is 23.4 Å². The number of aromatic nitrogens is 4. The second-order valence-corrected chi connectivity index (χ2v) is 8.06. The number of carbonyl (C=O) groups is 1. The van der Waals surface area contributed by atoms with Gasteiger partial charge in [0.05, 0.1) is 18.4 Å². The Morgan fingerprint density at radius 1 is 1.17 bits per heavy atom. The van der Waals surface area contributed by atoms with Gasteiger partial charge in [-0.1, -0.05) is 25.0 Å². The van der Waals surface area contributed by atoms with E-state index in [2.05, 4.69) is 33.2 Å². The molecule has 0 radical (unpaired) electrons. The molecule has 4 rings (SSSR count). The molecule has 30 heavy (non-hydrogen) atoms. The third kappa shape index (κ3) is 4.43. The Morgan fingerprint density at radius 2 is 1.97 bits per heavy atom. The van der Waals surface area contributed by atoms with Gasteiger partial charge in [-0.25, -0.2) is 4.39 Å². The van der Waals surface area contributed by atoms with Crippen LogP contribution in [-0.2, 0) is 19.4 Å². The second-order valence-electron chi connectivity index (χ2n) is 7.61. The number of carbonyl (C=O) groups excluding carboxylic acids is 1. The first-order valence-corrected chi connectivity index (χ1v) is 11.1. The van der Waals surface area contributed by atoms with E-state index in [9.17, 15) is 9.18 Å². The standard InChI is InChI=1S/C22H26FN5OS/c23-16-7-5-15(6-8-16)14-28-19-10-9-17-20(18(19)13-25-28)26-27-21(17)22(29)24-11-3-1-2-4-12-30/h5-8,13,30H,1-4,9-12,14H2,(H,24,29)(H,26,27). The van der Waals surface area contributed by atoms with E-state index in [1.54, 1.807) is 18.3 Å². The average molecular weight is 428 g/mol. The molecule has 0 atom stereocenters. The topological polar surface area (TPSA) is 75.6 Å². The molecule has 1 aromatic carbocycles. The number of hydrogen-bond acceptors (Lipinski definition) is 4. The Bertz CT molecular complexity index is 1010. The minimum absolute atomic E-state index is 0.0971. The Morgan fingerprint density at radius 3 is 2.77 bits per heavy atom. The molecule has 1 amide bonds. The fourth-order valence-electron chi connectivity index (χ4n) is 3.91. The minimum atomic E-state index is -0.245. The van der Waals surface area contributed by atoms with Crippen molar-refractivity contribution in [3.05, 3.63) is 58.8 Å². The van der Waals surface area contributed by atoms with Gasteiger partial charge in [-0.2, -0.15) is 22.8 Å². The Kier molecular flexibility index (Phi) is 6.52. The second kappa shape index (κ2) is 9.47. The van der Waals surface area contributed by atoms with Crippen molar-refractivity contribution in [3.8, 4) is 11.3 Å². The van der Waals surface area contributed by atoms with Crippen LogP contribution < -0.4 is 5.32 Å². The first-order chi connectivity index (χ1) is 14.7. The lowest BCUT2D eigenvalue weighted by Gasteiger charge is -2.15. The van der Waals surface area contributed by atoms with Crippen LogP contribution in [0.25, 0.3) is 11.3 Å². The number of amides is 1. The molecule has 1 aliphatic rings. The smallest absolute Gasteiger partial charge is 0.269 e. The van der Waals surface area contributed by atoms with Crippen LogP contribution in [0.15, 0.2) is 30.5 Å². The summed E-state index contributed by atoms with van der Waals surface area (Å²) >= 11 is 4.21. The lowest BCUT2D eigenvalue weighted by atomic mass is 9.93. The van der Waals surface area contributed by atoms with Gasteiger partial charge in [-0.3, -0.25) is 14.6 Å². The fraction of sp³-hybridized carbons (Fsp3) is 0.409. The maximum Gasteiger partial charge on any atom is 0.269 e.